The van der Waals surface area contributed by atoms with Crippen LogP contribution in [0.5, 0.6) is 0 Å². The van der Waals surface area contributed by atoms with Crippen LogP contribution in [0.2, 0.25) is 0 Å². The molecule has 3 nitrogen and oxygen atoms in total. The zero-order valence-electron chi connectivity index (χ0n) is 13.8. The Bertz CT molecular complexity index is 503. The molecule has 0 radical (unpaired) electrons. The molecule has 0 aromatic heterocycles. The Hall–Kier alpha value is -2.13. The van der Waals surface area contributed by atoms with Gasteiger partial charge in [-0.1, -0.05) is 54.6 Å². The van der Waals surface area contributed by atoms with Crippen LogP contribution in [-0.2, 0) is 20.9 Å². The van der Waals surface area contributed by atoms with E-state index in [1.165, 1.54) is 11.6 Å². The lowest BCUT2D eigenvalue weighted by molar-refractivity contribution is -0.137. The van der Waals surface area contributed by atoms with Gasteiger partial charge in [-0.25, -0.2) is 4.79 Å². The summed E-state index contributed by atoms with van der Waals surface area (Å²) in [6, 6.07) is 10.1. The van der Waals surface area contributed by atoms with Gasteiger partial charge in [-0.2, -0.15) is 0 Å². The maximum atomic E-state index is 11.1. The first-order chi connectivity index (χ1) is 11.3. The smallest absolute Gasteiger partial charge is 0.330 e. The summed E-state index contributed by atoms with van der Waals surface area (Å²) in [5.74, 6) is -0.312. The second-order valence-corrected chi connectivity index (χ2v) is 5.06. The summed E-state index contributed by atoms with van der Waals surface area (Å²) in [5.41, 5.74) is 1.18. The molecule has 1 unspecified atom stereocenters. The van der Waals surface area contributed by atoms with Crippen molar-refractivity contribution in [3.63, 3.8) is 0 Å². The minimum atomic E-state index is -0.312. The van der Waals surface area contributed by atoms with Crippen LogP contribution in [0.25, 0.3) is 0 Å². The summed E-state index contributed by atoms with van der Waals surface area (Å²) in [6.07, 6.45) is 11.7. The topological polar surface area (TPSA) is 35.5 Å². The molecule has 124 valence electrons. The third-order valence-electron chi connectivity index (χ3n) is 3.18. The fourth-order valence-electron chi connectivity index (χ4n) is 2.02. The molecular formula is C20H26O3. The fraction of sp³-hybridized carbons (Fsp3) is 0.350. The average Bonchev–Trinajstić information content (AvgIpc) is 2.57. The first kappa shape index (κ1) is 18.9. The van der Waals surface area contributed by atoms with Crippen molar-refractivity contribution in [1.82, 2.24) is 0 Å². The highest BCUT2D eigenvalue weighted by atomic mass is 16.5. The quantitative estimate of drug-likeness (QED) is 0.259. The van der Waals surface area contributed by atoms with E-state index in [1.54, 1.807) is 13.0 Å². The summed E-state index contributed by atoms with van der Waals surface area (Å²) in [6.45, 7) is 6.59. The van der Waals surface area contributed by atoms with E-state index in [2.05, 4.69) is 18.7 Å². The van der Waals surface area contributed by atoms with Crippen LogP contribution in [0.15, 0.2) is 67.3 Å². The molecule has 1 aromatic carbocycles. The highest BCUT2D eigenvalue weighted by Crippen LogP contribution is 2.12. The summed E-state index contributed by atoms with van der Waals surface area (Å²) in [4.78, 5) is 11.1. The molecule has 0 saturated heterocycles. The van der Waals surface area contributed by atoms with Crippen molar-refractivity contribution in [2.24, 2.45) is 0 Å². The number of ether oxygens (including phenoxy) is 2. The third-order valence-corrected chi connectivity index (χ3v) is 3.18. The maximum absolute atomic E-state index is 11.1. The van der Waals surface area contributed by atoms with Gasteiger partial charge in [-0.3, -0.25) is 0 Å². The Kier molecular flexibility index (Phi) is 10.2. The largest absolute Gasteiger partial charge is 0.463 e. The molecule has 0 spiro atoms. The number of esters is 1. The highest BCUT2D eigenvalue weighted by molar-refractivity contribution is 5.82. The summed E-state index contributed by atoms with van der Waals surface area (Å²) < 4.78 is 10.7. The van der Waals surface area contributed by atoms with Gasteiger partial charge in [0.05, 0.1) is 19.3 Å². The van der Waals surface area contributed by atoms with Crippen LogP contribution in [0.4, 0.5) is 0 Å². The third kappa shape index (κ3) is 9.48. The van der Waals surface area contributed by atoms with E-state index in [1.807, 2.05) is 36.4 Å². The van der Waals surface area contributed by atoms with Crippen LogP contribution < -0.4 is 0 Å². The van der Waals surface area contributed by atoms with E-state index >= 15 is 0 Å². The zero-order chi connectivity index (χ0) is 16.8. The molecular weight excluding hydrogens is 288 g/mol. The number of carbonyl (C=O) groups is 1. The van der Waals surface area contributed by atoms with Crippen molar-refractivity contribution in [2.75, 3.05) is 6.61 Å². The summed E-state index contributed by atoms with van der Waals surface area (Å²) in [5, 5.41) is 0. The zero-order valence-corrected chi connectivity index (χ0v) is 13.8. The molecule has 0 aliphatic carbocycles. The van der Waals surface area contributed by atoms with Gasteiger partial charge in [-0.05, 0) is 31.7 Å². The van der Waals surface area contributed by atoms with Crippen LogP contribution in [0, 0.1) is 0 Å². The van der Waals surface area contributed by atoms with E-state index in [4.69, 9.17) is 9.47 Å². The van der Waals surface area contributed by atoms with Crippen molar-refractivity contribution in [3.05, 3.63) is 72.9 Å². The number of rotatable bonds is 11. The Labute approximate surface area is 139 Å². The first-order valence-electron chi connectivity index (χ1n) is 8.02. The van der Waals surface area contributed by atoms with Gasteiger partial charge < -0.3 is 9.47 Å². The van der Waals surface area contributed by atoms with E-state index in [9.17, 15) is 4.79 Å². The van der Waals surface area contributed by atoms with Gasteiger partial charge in [-0.15, -0.1) is 6.58 Å². The van der Waals surface area contributed by atoms with E-state index < -0.39 is 0 Å². The number of allylic oxidation sites excluding steroid dienone is 3. The number of hydrogen-bond acceptors (Lipinski definition) is 3. The van der Waals surface area contributed by atoms with Crippen molar-refractivity contribution < 1.29 is 14.3 Å². The lowest BCUT2D eigenvalue weighted by Gasteiger charge is -2.15. The number of carbonyl (C=O) groups excluding carboxylic acids is 1. The van der Waals surface area contributed by atoms with Crippen molar-refractivity contribution in [1.29, 1.82) is 0 Å². The molecule has 0 amide bonds. The molecule has 3 heteroatoms. The second-order valence-electron chi connectivity index (χ2n) is 5.06. The fourth-order valence-corrected chi connectivity index (χ4v) is 2.02. The first-order valence-corrected chi connectivity index (χ1v) is 8.02. The number of benzene rings is 1. The monoisotopic (exact) mass is 314 g/mol. The molecule has 0 fully saturated rings. The standard InChI is InChI=1S/C20H26O3/c1-3-12-19(23-17-18-13-8-7-9-14-18)15-10-5-6-11-16-20(21)22-4-2/h3,5-9,11,13-14,16,19H,1,4,10,12,15,17H2,2H3/b6-5+,16-11+. The molecule has 1 aromatic rings. The van der Waals surface area contributed by atoms with Crippen molar-refractivity contribution in [2.45, 2.75) is 38.9 Å². The molecule has 0 heterocycles. The van der Waals surface area contributed by atoms with Gasteiger partial charge in [0.2, 0.25) is 0 Å². The molecule has 23 heavy (non-hydrogen) atoms. The van der Waals surface area contributed by atoms with Gasteiger partial charge >= 0.3 is 5.97 Å². The maximum Gasteiger partial charge on any atom is 0.330 e. The normalized spacial score (nSPS) is 12.6. The molecule has 0 saturated carbocycles. The lowest BCUT2D eigenvalue weighted by atomic mass is 10.1. The Morgan fingerprint density at radius 3 is 2.74 bits per heavy atom. The molecule has 1 atom stereocenters. The molecule has 0 aliphatic heterocycles. The predicted octanol–water partition coefficient (Wildman–Crippen LogP) is 4.60. The van der Waals surface area contributed by atoms with E-state index in [0.29, 0.717) is 13.2 Å². The van der Waals surface area contributed by atoms with Crippen LogP contribution >= 0.6 is 0 Å². The van der Waals surface area contributed by atoms with Crippen LogP contribution in [0.1, 0.15) is 31.7 Å². The average molecular weight is 314 g/mol. The Morgan fingerprint density at radius 2 is 2.04 bits per heavy atom. The molecule has 0 N–H and O–H groups in total. The van der Waals surface area contributed by atoms with Gasteiger partial charge in [0.1, 0.15) is 0 Å². The minimum Gasteiger partial charge on any atom is -0.463 e. The predicted molar refractivity (Wildman–Crippen MR) is 94.0 cm³/mol. The summed E-state index contributed by atoms with van der Waals surface area (Å²) >= 11 is 0. The van der Waals surface area contributed by atoms with Crippen LogP contribution in [0.3, 0.4) is 0 Å². The van der Waals surface area contributed by atoms with Gasteiger partial charge in [0, 0.05) is 6.08 Å². The molecule has 0 bridgehead atoms. The highest BCUT2D eigenvalue weighted by Gasteiger charge is 2.06. The van der Waals surface area contributed by atoms with Gasteiger partial charge in [0.15, 0.2) is 0 Å². The Morgan fingerprint density at radius 1 is 1.26 bits per heavy atom. The SMILES string of the molecule is C=CCC(CC/C=C/C=C/C(=O)OCC)OCc1ccccc1. The van der Waals surface area contributed by atoms with E-state index in [0.717, 1.165) is 19.3 Å². The second kappa shape index (κ2) is 12.4. The van der Waals surface area contributed by atoms with E-state index in [-0.39, 0.29) is 12.1 Å². The summed E-state index contributed by atoms with van der Waals surface area (Å²) in [7, 11) is 0. The lowest BCUT2D eigenvalue weighted by Crippen LogP contribution is -2.11. The van der Waals surface area contributed by atoms with Crippen molar-refractivity contribution >= 4 is 5.97 Å². The minimum absolute atomic E-state index is 0.159. The van der Waals surface area contributed by atoms with Gasteiger partial charge in [0.25, 0.3) is 0 Å². The van der Waals surface area contributed by atoms with Crippen molar-refractivity contribution in [3.8, 4) is 0 Å². The molecule has 0 aliphatic rings. The molecule has 1 rings (SSSR count). The number of hydrogen-bond donors (Lipinski definition) is 0. The Balaban J connectivity index is 2.30. The van der Waals surface area contributed by atoms with Crippen LogP contribution in [-0.4, -0.2) is 18.7 Å².